The number of rotatable bonds is 4. The zero-order valence-corrected chi connectivity index (χ0v) is 12.9. The molecule has 1 amide bonds. The molecule has 2 aliphatic heterocycles. The van der Waals surface area contributed by atoms with E-state index in [0.29, 0.717) is 31.9 Å². The van der Waals surface area contributed by atoms with Crippen LogP contribution >= 0.6 is 0 Å². The van der Waals surface area contributed by atoms with Crippen LogP contribution in [0.1, 0.15) is 31.1 Å². The summed E-state index contributed by atoms with van der Waals surface area (Å²) in [6, 6.07) is 5.53. The predicted molar refractivity (Wildman–Crippen MR) is 84.2 cm³/mol. The normalized spacial score (nSPS) is 22.9. The van der Waals surface area contributed by atoms with Crippen LogP contribution in [0, 0.1) is 0 Å². The van der Waals surface area contributed by atoms with E-state index < -0.39 is 0 Å². The quantitative estimate of drug-likeness (QED) is 0.900. The molecule has 3 rings (SSSR count). The lowest BCUT2D eigenvalue weighted by Gasteiger charge is -2.33. The monoisotopic (exact) mass is 304 g/mol. The Morgan fingerprint density at radius 2 is 2.14 bits per heavy atom. The second-order valence-electron chi connectivity index (χ2n) is 5.99. The van der Waals surface area contributed by atoms with Crippen molar-refractivity contribution in [2.75, 3.05) is 45.1 Å². The maximum Gasteiger partial charge on any atom is 0.224 e. The van der Waals surface area contributed by atoms with Gasteiger partial charge >= 0.3 is 0 Å². The minimum atomic E-state index is -0.173. The molecule has 120 valence electrons. The fraction of sp³-hybridized carbons (Fsp3) is 0.625. The third-order valence-corrected chi connectivity index (χ3v) is 4.38. The van der Waals surface area contributed by atoms with Gasteiger partial charge < -0.3 is 20.3 Å². The number of likely N-dealkylation sites (tertiary alicyclic amines) is 1. The van der Waals surface area contributed by atoms with E-state index in [-0.39, 0.29) is 12.0 Å². The number of nitrogen functional groups attached to an aromatic ring is 1. The van der Waals surface area contributed by atoms with Crippen LogP contribution in [0.2, 0.25) is 0 Å². The molecule has 3 heterocycles. The molecule has 2 fully saturated rings. The fourth-order valence-corrected chi connectivity index (χ4v) is 3.12. The van der Waals surface area contributed by atoms with Gasteiger partial charge in [-0.15, -0.1) is 0 Å². The molecule has 0 spiro atoms. The summed E-state index contributed by atoms with van der Waals surface area (Å²) in [5.74, 6) is 0.697. The first-order valence-electron chi connectivity index (χ1n) is 8.06. The predicted octanol–water partition coefficient (Wildman–Crippen LogP) is 1.05. The van der Waals surface area contributed by atoms with Crippen LogP contribution in [-0.2, 0) is 9.53 Å². The summed E-state index contributed by atoms with van der Waals surface area (Å²) in [4.78, 5) is 21.0. The molecule has 0 saturated carbocycles. The Bertz CT molecular complexity index is 517. The van der Waals surface area contributed by atoms with Gasteiger partial charge in [-0.2, -0.15) is 0 Å². The number of morpholine rings is 1. The highest BCUT2D eigenvalue weighted by Gasteiger charge is 2.26. The Balaban J connectivity index is 1.54. The molecule has 1 aromatic rings. The van der Waals surface area contributed by atoms with Gasteiger partial charge in [0.2, 0.25) is 5.91 Å². The number of aromatic nitrogens is 1. The summed E-state index contributed by atoms with van der Waals surface area (Å²) in [5.41, 5.74) is 6.53. The van der Waals surface area contributed by atoms with E-state index in [9.17, 15) is 4.79 Å². The van der Waals surface area contributed by atoms with Gasteiger partial charge in [0.1, 0.15) is 11.9 Å². The Labute approximate surface area is 131 Å². The Morgan fingerprint density at radius 3 is 2.91 bits per heavy atom. The van der Waals surface area contributed by atoms with E-state index in [1.54, 1.807) is 6.07 Å². The molecule has 0 radical (unpaired) electrons. The number of hydrogen-bond acceptors (Lipinski definition) is 5. The molecule has 0 aliphatic carbocycles. The maximum atomic E-state index is 12.4. The average molecular weight is 304 g/mol. The second-order valence-corrected chi connectivity index (χ2v) is 5.99. The van der Waals surface area contributed by atoms with Gasteiger partial charge in [0, 0.05) is 19.5 Å². The number of ether oxygens (including phenoxy) is 1. The number of amides is 1. The minimum Gasteiger partial charge on any atom is -0.384 e. The molecule has 22 heavy (non-hydrogen) atoms. The van der Waals surface area contributed by atoms with Crippen molar-refractivity contribution in [1.29, 1.82) is 0 Å². The van der Waals surface area contributed by atoms with Crippen molar-refractivity contribution in [3.05, 3.63) is 23.9 Å². The number of carbonyl (C=O) groups is 1. The molecule has 2 aliphatic rings. The average Bonchev–Trinajstić information content (AvgIpc) is 3.06. The highest BCUT2D eigenvalue weighted by atomic mass is 16.5. The van der Waals surface area contributed by atoms with E-state index in [4.69, 9.17) is 10.5 Å². The zero-order chi connectivity index (χ0) is 15.4. The molecule has 0 aromatic carbocycles. The SMILES string of the molecule is Nc1cccc([C@H]2CN(C(=O)CCN3CCCC3)CCO2)n1. The van der Waals surface area contributed by atoms with Crippen molar-refractivity contribution in [1.82, 2.24) is 14.8 Å². The lowest BCUT2D eigenvalue weighted by molar-refractivity contribution is -0.139. The summed E-state index contributed by atoms with van der Waals surface area (Å²) in [5, 5.41) is 0. The van der Waals surface area contributed by atoms with Crippen LogP contribution in [0.25, 0.3) is 0 Å². The number of hydrogen-bond donors (Lipinski definition) is 1. The molecule has 2 saturated heterocycles. The zero-order valence-electron chi connectivity index (χ0n) is 12.9. The third kappa shape index (κ3) is 3.75. The number of pyridine rings is 1. The molecule has 2 N–H and O–H groups in total. The van der Waals surface area contributed by atoms with E-state index >= 15 is 0 Å². The van der Waals surface area contributed by atoms with Gasteiger partial charge in [0.05, 0.1) is 18.8 Å². The first-order valence-corrected chi connectivity index (χ1v) is 8.06. The number of anilines is 1. The minimum absolute atomic E-state index is 0.173. The molecular weight excluding hydrogens is 280 g/mol. The van der Waals surface area contributed by atoms with Gasteiger partial charge in [-0.3, -0.25) is 4.79 Å². The van der Waals surface area contributed by atoms with Crippen molar-refractivity contribution in [2.45, 2.75) is 25.4 Å². The van der Waals surface area contributed by atoms with Gasteiger partial charge in [0.25, 0.3) is 0 Å². The topological polar surface area (TPSA) is 71.7 Å². The standard InChI is InChI=1S/C16H24N4O2/c17-15-5-3-4-13(18-15)14-12-20(10-11-22-14)16(21)6-9-19-7-1-2-8-19/h3-5,14H,1-2,6-12H2,(H2,17,18)/t14-/m1/s1. The first-order chi connectivity index (χ1) is 10.7. The van der Waals surface area contributed by atoms with Crippen molar-refractivity contribution in [2.24, 2.45) is 0 Å². The summed E-state index contributed by atoms with van der Waals surface area (Å²) in [6.45, 7) is 4.92. The van der Waals surface area contributed by atoms with Gasteiger partial charge in [-0.1, -0.05) is 6.07 Å². The summed E-state index contributed by atoms with van der Waals surface area (Å²) in [6.07, 6.45) is 2.94. The second kappa shape index (κ2) is 7.07. The highest BCUT2D eigenvalue weighted by molar-refractivity contribution is 5.76. The maximum absolute atomic E-state index is 12.4. The molecular formula is C16H24N4O2. The fourth-order valence-electron chi connectivity index (χ4n) is 3.12. The summed E-state index contributed by atoms with van der Waals surface area (Å²) in [7, 11) is 0. The molecule has 1 atom stereocenters. The molecule has 0 bridgehead atoms. The third-order valence-electron chi connectivity index (χ3n) is 4.38. The smallest absolute Gasteiger partial charge is 0.224 e. The van der Waals surface area contributed by atoms with E-state index in [1.807, 2.05) is 17.0 Å². The lowest BCUT2D eigenvalue weighted by Crippen LogP contribution is -2.43. The highest BCUT2D eigenvalue weighted by Crippen LogP contribution is 2.22. The summed E-state index contributed by atoms with van der Waals surface area (Å²) < 4.78 is 5.75. The van der Waals surface area contributed by atoms with Gasteiger partial charge in [-0.25, -0.2) is 4.98 Å². The van der Waals surface area contributed by atoms with Crippen molar-refractivity contribution < 1.29 is 9.53 Å². The van der Waals surface area contributed by atoms with Gasteiger partial charge in [-0.05, 0) is 38.1 Å². The van der Waals surface area contributed by atoms with Crippen LogP contribution < -0.4 is 5.73 Å². The van der Waals surface area contributed by atoms with Crippen molar-refractivity contribution in [3.8, 4) is 0 Å². The molecule has 6 nitrogen and oxygen atoms in total. The number of carbonyl (C=O) groups excluding carboxylic acids is 1. The van der Waals surface area contributed by atoms with E-state index in [0.717, 1.165) is 25.3 Å². The van der Waals surface area contributed by atoms with Crippen LogP contribution in [0.3, 0.4) is 0 Å². The largest absolute Gasteiger partial charge is 0.384 e. The first kappa shape index (κ1) is 15.2. The number of nitrogens with zero attached hydrogens (tertiary/aromatic N) is 3. The molecule has 6 heteroatoms. The van der Waals surface area contributed by atoms with Crippen LogP contribution in [0.15, 0.2) is 18.2 Å². The van der Waals surface area contributed by atoms with Crippen molar-refractivity contribution in [3.63, 3.8) is 0 Å². The van der Waals surface area contributed by atoms with Crippen LogP contribution in [-0.4, -0.2) is 60.0 Å². The summed E-state index contributed by atoms with van der Waals surface area (Å²) >= 11 is 0. The number of nitrogens with two attached hydrogens (primary N) is 1. The Hall–Kier alpha value is -1.66. The Morgan fingerprint density at radius 1 is 1.32 bits per heavy atom. The Kier molecular flexibility index (Phi) is 4.90. The molecule has 0 unspecified atom stereocenters. The molecule has 1 aromatic heterocycles. The van der Waals surface area contributed by atoms with E-state index in [1.165, 1.54) is 12.8 Å². The van der Waals surface area contributed by atoms with Crippen LogP contribution in [0.5, 0.6) is 0 Å². The van der Waals surface area contributed by atoms with Crippen molar-refractivity contribution >= 4 is 11.7 Å². The van der Waals surface area contributed by atoms with Crippen LogP contribution in [0.4, 0.5) is 5.82 Å². The van der Waals surface area contributed by atoms with Gasteiger partial charge in [0.15, 0.2) is 0 Å². The van der Waals surface area contributed by atoms with E-state index in [2.05, 4.69) is 9.88 Å². The lowest BCUT2D eigenvalue weighted by atomic mass is 10.1.